The van der Waals surface area contributed by atoms with E-state index in [2.05, 4.69) is 37.0 Å². The Hall–Kier alpha value is -6.50. The number of aryl methyl sites for hydroxylation is 1. The van der Waals surface area contributed by atoms with Gasteiger partial charge in [0.25, 0.3) is 21.6 Å². The van der Waals surface area contributed by atoms with E-state index in [9.17, 15) is 28.1 Å². The number of ether oxygens (including phenoxy) is 2. The molecule has 2 fully saturated rings. The van der Waals surface area contributed by atoms with E-state index in [4.69, 9.17) is 21.1 Å². The van der Waals surface area contributed by atoms with Crippen LogP contribution in [0, 0.1) is 10.1 Å². The minimum Gasteiger partial charge on any atom is -0.456 e. The van der Waals surface area contributed by atoms with Gasteiger partial charge >= 0.3 is 0 Å². The third kappa shape index (κ3) is 11.8. The Morgan fingerprint density at radius 3 is 2.41 bits per heavy atom. The summed E-state index contributed by atoms with van der Waals surface area (Å²) in [5, 5.41) is 16.6. The van der Waals surface area contributed by atoms with Gasteiger partial charge in [-0.3, -0.25) is 24.6 Å². The van der Waals surface area contributed by atoms with Crippen molar-refractivity contribution < 1.29 is 32.4 Å². The van der Waals surface area contributed by atoms with Crippen LogP contribution in [-0.4, -0.2) is 125 Å². The summed E-state index contributed by atoms with van der Waals surface area (Å²) in [7, 11) is -0.753. The van der Waals surface area contributed by atoms with E-state index in [1.54, 1.807) is 18.2 Å². The normalized spacial score (nSPS) is 14.6. The van der Waals surface area contributed by atoms with Crippen LogP contribution in [0.25, 0.3) is 22.0 Å². The molecule has 1 aromatic heterocycles. The highest BCUT2D eigenvalue weighted by Gasteiger charge is 2.27. The van der Waals surface area contributed by atoms with Gasteiger partial charge in [0.05, 0.1) is 28.6 Å². The van der Waals surface area contributed by atoms with Gasteiger partial charge in [0.2, 0.25) is 5.91 Å². The predicted molar refractivity (Wildman–Crippen MR) is 264 cm³/mol. The van der Waals surface area contributed by atoms with E-state index in [1.165, 1.54) is 23.8 Å². The van der Waals surface area contributed by atoms with Crippen molar-refractivity contribution in [1.29, 1.82) is 0 Å². The molecule has 18 heteroatoms. The topological polar surface area (TPSA) is 183 Å². The number of halogens is 1. The summed E-state index contributed by atoms with van der Waals surface area (Å²) in [6.07, 6.45) is 3.39. The molecular formula is C50H55ClN8O8S. The maximum atomic E-state index is 14.1. The van der Waals surface area contributed by atoms with Gasteiger partial charge in [-0.2, -0.15) is 0 Å². The lowest BCUT2D eigenvalue weighted by molar-refractivity contribution is -0.384. The number of carbonyl (C=O) groups excluding carboxylic acids is 2. The Bertz CT molecular complexity index is 2880. The number of sulfonamides is 1. The molecular weight excluding hydrogens is 908 g/mol. The fraction of sp³-hybridized carbons (Fsp3) is 0.320. The number of carbonyl (C=O) groups is 2. The van der Waals surface area contributed by atoms with Gasteiger partial charge in [0.15, 0.2) is 0 Å². The highest BCUT2D eigenvalue weighted by Crippen LogP contribution is 2.35. The van der Waals surface area contributed by atoms with Crippen LogP contribution < -0.4 is 19.7 Å². The number of rotatable bonds is 18. The van der Waals surface area contributed by atoms with Crippen molar-refractivity contribution >= 4 is 61.4 Å². The van der Waals surface area contributed by atoms with Crippen molar-refractivity contribution in [2.24, 2.45) is 0 Å². The van der Waals surface area contributed by atoms with Crippen molar-refractivity contribution in [3.05, 3.63) is 141 Å². The monoisotopic (exact) mass is 962 g/mol. The molecule has 0 unspecified atom stereocenters. The zero-order valence-electron chi connectivity index (χ0n) is 38.1. The summed E-state index contributed by atoms with van der Waals surface area (Å²) in [4.78, 5) is 49.8. The predicted octanol–water partition coefficient (Wildman–Crippen LogP) is 7.78. The lowest BCUT2D eigenvalue weighted by atomic mass is 9.99. The van der Waals surface area contributed by atoms with Crippen molar-refractivity contribution in [3.8, 4) is 22.6 Å². The number of hydrogen-bond donors (Lipinski definition) is 3. The summed E-state index contributed by atoms with van der Waals surface area (Å²) in [6, 6.07) is 30.2. The Labute approximate surface area is 401 Å². The molecule has 2 aliphatic rings. The quantitative estimate of drug-likeness (QED) is 0.0433. The number of nitrogens with zero attached hydrogens (tertiary/aromatic N) is 5. The molecule has 2 amide bonds. The van der Waals surface area contributed by atoms with E-state index < -0.39 is 31.4 Å². The number of piperazine rings is 1. The molecule has 2 aliphatic heterocycles. The van der Waals surface area contributed by atoms with Crippen LogP contribution in [-0.2, 0) is 32.5 Å². The third-order valence-electron chi connectivity index (χ3n) is 12.3. The summed E-state index contributed by atoms with van der Waals surface area (Å²) in [5.41, 5.74) is 5.64. The van der Waals surface area contributed by atoms with Crippen LogP contribution in [0.2, 0.25) is 5.02 Å². The molecule has 8 rings (SSSR count). The molecule has 5 aromatic carbocycles. The number of benzene rings is 5. The van der Waals surface area contributed by atoms with E-state index >= 15 is 0 Å². The Balaban J connectivity index is 1.03. The molecule has 3 N–H and O–H groups in total. The summed E-state index contributed by atoms with van der Waals surface area (Å²) in [6.45, 7) is 6.96. The van der Waals surface area contributed by atoms with E-state index in [0.29, 0.717) is 76.0 Å². The number of amides is 2. The van der Waals surface area contributed by atoms with Crippen LogP contribution in [0.3, 0.4) is 0 Å². The van der Waals surface area contributed by atoms with E-state index in [0.717, 1.165) is 65.5 Å². The fourth-order valence-corrected chi connectivity index (χ4v) is 9.67. The second-order valence-electron chi connectivity index (χ2n) is 17.2. The van der Waals surface area contributed by atoms with Gasteiger partial charge in [0.1, 0.15) is 17.2 Å². The molecule has 0 aliphatic carbocycles. The zero-order chi connectivity index (χ0) is 47.8. The first-order chi connectivity index (χ1) is 32.8. The van der Waals surface area contributed by atoms with Gasteiger partial charge in [-0.15, -0.1) is 0 Å². The van der Waals surface area contributed by atoms with E-state index in [-0.39, 0.29) is 22.9 Å². The van der Waals surface area contributed by atoms with Crippen molar-refractivity contribution in [1.82, 2.24) is 24.4 Å². The minimum absolute atomic E-state index is 0.0545. The highest BCUT2D eigenvalue weighted by atomic mass is 35.5. The number of nitro benzene ring substituents is 1. The maximum Gasteiger partial charge on any atom is 0.293 e. The standard InChI is InChI=1S/C50H55ClN8O8S/c1-55(2)21-5-20-52-46-18-15-41(32-47(46)59(62)63)68(64,65)54-50(61)43-16-13-39(57-24-22-56(23-25-57)34-37-6-3-4-7-42(37)35-8-11-38(51)12-9-35)30-48(43)67-40-14-17-45-44(31-40)36(33-53-45)10-19-49(60)58-26-28-66-29-27-58/h3-4,6-9,11-18,30-33,52-53H,5,10,19-29,34H2,1-2H3,(H,54,61). The fourth-order valence-electron chi connectivity index (χ4n) is 8.55. The number of anilines is 2. The first-order valence-electron chi connectivity index (χ1n) is 22.6. The average molecular weight is 964 g/mol. The largest absolute Gasteiger partial charge is 0.456 e. The van der Waals surface area contributed by atoms with Crippen molar-refractivity contribution in [3.63, 3.8) is 0 Å². The maximum absolute atomic E-state index is 14.1. The number of H-pyrrole nitrogens is 1. The number of nitrogens with one attached hydrogen (secondary N) is 3. The molecule has 0 bridgehead atoms. The zero-order valence-corrected chi connectivity index (χ0v) is 39.7. The van der Waals surface area contributed by atoms with Gasteiger partial charge in [-0.25, -0.2) is 13.1 Å². The molecule has 16 nitrogen and oxygen atoms in total. The molecule has 0 radical (unpaired) electrons. The second kappa shape index (κ2) is 21.6. The average Bonchev–Trinajstić information content (AvgIpc) is 3.74. The Morgan fingerprint density at radius 2 is 1.66 bits per heavy atom. The van der Waals surface area contributed by atoms with Crippen LogP contribution in [0.4, 0.5) is 17.1 Å². The number of aromatic nitrogens is 1. The second-order valence-corrected chi connectivity index (χ2v) is 19.3. The number of morpholine rings is 1. The smallest absolute Gasteiger partial charge is 0.293 e. The molecule has 0 atom stereocenters. The number of fused-ring (bicyclic) bond motifs is 1. The number of aromatic amines is 1. The lowest BCUT2D eigenvalue weighted by Crippen LogP contribution is -2.46. The first kappa shape index (κ1) is 48.0. The summed E-state index contributed by atoms with van der Waals surface area (Å²) < 4.78 is 41.6. The van der Waals surface area contributed by atoms with Crippen LogP contribution >= 0.6 is 11.6 Å². The minimum atomic E-state index is -4.60. The molecule has 0 saturated carbocycles. The van der Waals surface area contributed by atoms with Gasteiger partial charge in [-0.05, 0) is 110 Å². The number of hydrogen-bond acceptors (Lipinski definition) is 12. The molecule has 356 valence electrons. The van der Waals surface area contributed by atoms with Gasteiger partial charge < -0.3 is 34.5 Å². The number of nitro groups is 1. The molecule has 3 heterocycles. The molecule has 2 saturated heterocycles. The Morgan fingerprint density at radius 1 is 0.897 bits per heavy atom. The highest BCUT2D eigenvalue weighted by molar-refractivity contribution is 7.90. The van der Waals surface area contributed by atoms with Crippen molar-refractivity contribution in [2.75, 3.05) is 89.9 Å². The SMILES string of the molecule is CN(C)CCCNc1ccc(S(=O)(=O)NC(=O)c2ccc(N3CCN(Cc4ccccc4-c4ccc(Cl)cc4)CC3)cc2Oc2ccc3[nH]cc(CCC(=O)N4CCOCC4)c3c2)cc1[N+](=O)[O-]. The van der Waals surface area contributed by atoms with E-state index in [1.807, 2.05) is 78.6 Å². The molecule has 68 heavy (non-hydrogen) atoms. The Kier molecular flexibility index (Phi) is 15.3. The molecule has 0 spiro atoms. The van der Waals surface area contributed by atoms with Gasteiger partial charge in [0, 0.05) is 98.7 Å². The first-order valence-corrected chi connectivity index (χ1v) is 24.5. The van der Waals surface area contributed by atoms with Gasteiger partial charge in [-0.1, -0.05) is 48.0 Å². The van der Waals surface area contributed by atoms with Crippen LogP contribution in [0.15, 0.2) is 114 Å². The van der Waals surface area contributed by atoms with Crippen molar-refractivity contribution in [2.45, 2.75) is 30.7 Å². The van der Waals surface area contributed by atoms with Crippen LogP contribution in [0.5, 0.6) is 11.5 Å². The third-order valence-corrected chi connectivity index (χ3v) is 13.8. The molecule has 6 aromatic rings. The summed E-state index contributed by atoms with van der Waals surface area (Å²) in [5.74, 6) is -0.426. The lowest BCUT2D eigenvalue weighted by Gasteiger charge is -2.36. The van der Waals surface area contributed by atoms with Crippen LogP contribution in [0.1, 0.15) is 34.3 Å². The summed E-state index contributed by atoms with van der Waals surface area (Å²) >= 11 is 6.18.